The molecule has 30 heavy (non-hydrogen) atoms. The van der Waals surface area contributed by atoms with Gasteiger partial charge in [-0.15, -0.1) is 0 Å². The molecule has 2 saturated heterocycles. The van der Waals surface area contributed by atoms with Crippen LogP contribution in [0.5, 0.6) is 0 Å². The van der Waals surface area contributed by atoms with E-state index in [-0.39, 0.29) is 6.10 Å². The molecule has 0 aromatic carbocycles. The molecule has 0 aromatic heterocycles. The molecule has 0 radical (unpaired) electrons. The van der Waals surface area contributed by atoms with Crippen molar-refractivity contribution < 1.29 is 39.2 Å². The lowest BCUT2D eigenvalue weighted by Gasteiger charge is -2.46. The molecule has 0 spiro atoms. The van der Waals surface area contributed by atoms with E-state index in [1.54, 1.807) is 21.3 Å². The van der Waals surface area contributed by atoms with Gasteiger partial charge in [0.05, 0.1) is 13.2 Å². The van der Waals surface area contributed by atoms with Crippen molar-refractivity contribution in [2.45, 2.75) is 63.4 Å². The highest BCUT2D eigenvalue weighted by molar-refractivity contribution is 6.90. The predicted molar refractivity (Wildman–Crippen MR) is 124 cm³/mol. The average molecular weight is 517 g/mol. The molecule has 0 amide bonds. The summed E-state index contributed by atoms with van der Waals surface area (Å²) in [5.41, 5.74) is 0. The maximum atomic E-state index is 6.84. The standard InChI is InChI=1S/C16H40O9Si5/c1-17-30(18-2,19-3)13-12-28(7)23-26(4)22-27(5,6)24-29(8,25-28)11-9-10-20-14-16-15-21-16/h16,26H,9-15H2,1-8H3. The van der Waals surface area contributed by atoms with Crippen molar-refractivity contribution in [2.75, 3.05) is 41.2 Å². The van der Waals surface area contributed by atoms with Gasteiger partial charge < -0.3 is 39.2 Å². The molecular formula is C16H40O9Si5. The third-order valence-electron chi connectivity index (χ3n) is 5.20. The maximum Gasteiger partial charge on any atom is 0.500 e. The normalized spacial score (nSPS) is 34.4. The zero-order valence-corrected chi connectivity index (χ0v) is 24.9. The Bertz CT molecular complexity index is 529. The summed E-state index contributed by atoms with van der Waals surface area (Å²) in [6, 6.07) is 2.18. The van der Waals surface area contributed by atoms with Gasteiger partial charge in [-0.2, -0.15) is 0 Å². The van der Waals surface area contributed by atoms with Gasteiger partial charge in [0.15, 0.2) is 0 Å². The van der Waals surface area contributed by atoms with Crippen molar-refractivity contribution in [1.82, 2.24) is 0 Å². The first kappa shape index (κ1) is 27.0. The Morgan fingerprint density at radius 1 is 0.933 bits per heavy atom. The molecule has 2 heterocycles. The third kappa shape index (κ3) is 8.58. The van der Waals surface area contributed by atoms with Crippen molar-refractivity contribution >= 4 is 43.8 Å². The van der Waals surface area contributed by atoms with Gasteiger partial charge in [0.25, 0.3) is 0 Å². The van der Waals surface area contributed by atoms with E-state index < -0.39 is 43.8 Å². The number of hydrogen-bond donors (Lipinski definition) is 0. The average Bonchev–Trinajstić information content (AvgIpc) is 3.45. The maximum absolute atomic E-state index is 6.84. The lowest BCUT2D eigenvalue weighted by Crippen LogP contribution is -2.63. The smallest absolute Gasteiger partial charge is 0.418 e. The van der Waals surface area contributed by atoms with Gasteiger partial charge in [0.2, 0.25) is 0 Å². The van der Waals surface area contributed by atoms with Crippen molar-refractivity contribution in [3.05, 3.63) is 0 Å². The lowest BCUT2D eigenvalue weighted by atomic mass is 10.5. The molecule has 2 rings (SSSR count). The monoisotopic (exact) mass is 516 g/mol. The van der Waals surface area contributed by atoms with Crippen LogP contribution in [0.3, 0.4) is 0 Å². The van der Waals surface area contributed by atoms with Gasteiger partial charge in [-0.3, -0.25) is 0 Å². The first-order chi connectivity index (χ1) is 14.0. The van der Waals surface area contributed by atoms with Gasteiger partial charge in [-0.1, -0.05) is 0 Å². The van der Waals surface area contributed by atoms with Crippen LogP contribution in [-0.2, 0) is 39.2 Å². The molecule has 0 saturated carbocycles. The molecule has 0 bridgehead atoms. The summed E-state index contributed by atoms with van der Waals surface area (Å²) < 4.78 is 54.1. The number of hydrogen-bond acceptors (Lipinski definition) is 9. The van der Waals surface area contributed by atoms with E-state index >= 15 is 0 Å². The van der Waals surface area contributed by atoms with Crippen molar-refractivity contribution in [3.63, 3.8) is 0 Å². The van der Waals surface area contributed by atoms with E-state index in [2.05, 4.69) is 32.7 Å². The quantitative estimate of drug-likeness (QED) is 0.220. The molecule has 2 aliphatic heterocycles. The number of rotatable bonds is 12. The summed E-state index contributed by atoms with van der Waals surface area (Å²) >= 11 is 0. The molecule has 0 aliphatic carbocycles. The van der Waals surface area contributed by atoms with E-state index in [1.807, 2.05) is 0 Å². The molecule has 0 N–H and O–H groups in total. The lowest BCUT2D eigenvalue weighted by molar-refractivity contribution is 0.115. The Labute approximate surface area is 187 Å². The summed E-state index contributed by atoms with van der Waals surface area (Å²) in [7, 11) is -7.14. The largest absolute Gasteiger partial charge is 0.500 e. The van der Waals surface area contributed by atoms with Crippen molar-refractivity contribution in [1.29, 1.82) is 0 Å². The van der Waals surface area contributed by atoms with E-state index in [0.29, 0.717) is 25.3 Å². The minimum Gasteiger partial charge on any atom is -0.418 e. The van der Waals surface area contributed by atoms with E-state index in [0.717, 1.165) is 19.1 Å². The van der Waals surface area contributed by atoms with E-state index in [9.17, 15) is 0 Å². The van der Waals surface area contributed by atoms with Crippen LogP contribution in [0.25, 0.3) is 0 Å². The molecule has 4 atom stereocenters. The third-order valence-corrected chi connectivity index (χ3v) is 24.9. The highest BCUT2D eigenvalue weighted by atomic mass is 28.5. The molecule has 9 nitrogen and oxygen atoms in total. The highest BCUT2D eigenvalue weighted by Gasteiger charge is 2.52. The van der Waals surface area contributed by atoms with Crippen molar-refractivity contribution in [2.24, 2.45) is 0 Å². The zero-order valence-electron chi connectivity index (χ0n) is 19.8. The predicted octanol–water partition coefficient (Wildman–Crippen LogP) is 2.45. The Morgan fingerprint density at radius 3 is 2.13 bits per heavy atom. The fourth-order valence-corrected chi connectivity index (χ4v) is 26.7. The molecule has 178 valence electrons. The zero-order chi connectivity index (χ0) is 22.5. The van der Waals surface area contributed by atoms with Gasteiger partial charge in [-0.05, 0) is 51.2 Å². The van der Waals surface area contributed by atoms with Crippen LogP contribution in [0.15, 0.2) is 0 Å². The summed E-state index contributed by atoms with van der Waals surface area (Å²) in [5, 5.41) is 0. The fraction of sp³-hybridized carbons (Fsp3) is 1.00. The van der Waals surface area contributed by atoms with Crippen LogP contribution < -0.4 is 0 Å². The van der Waals surface area contributed by atoms with Crippen LogP contribution in [0.4, 0.5) is 0 Å². The second-order valence-electron chi connectivity index (χ2n) is 8.60. The fourth-order valence-electron chi connectivity index (χ4n) is 3.84. The van der Waals surface area contributed by atoms with Crippen LogP contribution in [0.2, 0.25) is 50.9 Å². The first-order valence-electron chi connectivity index (χ1n) is 10.6. The highest BCUT2D eigenvalue weighted by Crippen LogP contribution is 2.34. The van der Waals surface area contributed by atoms with Crippen LogP contribution >= 0.6 is 0 Å². The second-order valence-corrected chi connectivity index (χ2v) is 24.7. The Hall–Kier alpha value is 0.724. The van der Waals surface area contributed by atoms with Crippen LogP contribution in [0, 0.1) is 0 Å². The summed E-state index contributed by atoms with van der Waals surface area (Å²) in [6.45, 7) is 12.6. The Balaban J connectivity index is 2.05. The Kier molecular flexibility index (Phi) is 10.1. The molecule has 14 heteroatoms. The minimum atomic E-state index is -2.71. The molecular weight excluding hydrogens is 477 g/mol. The van der Waals surface area contributed by atoms with Crippen molar-refractivity contribution in [3.8, 4) is 0 Å². The molecule has 4 unspecified atom stereocenters. The number of epoxide rings is 1. The number of ether oxygens (including phenoxy) is 2. The SMILES string of the molecule is CO[Si](CC[Si]1(C)O[SiH](C)O[Si](C)(C)O[Si](C)(CCCOCC2CO2)O1)(OC)OC. The Morgan fingerprint density at radius 2 is 1.57 bits per heavy atom. The molecule has 2 aliphatic rings. The van der Waals surface area contributed by atoms with Crippen LogP contribution in [0.1, 0.15) is 6.42 Å². The summed E-state index contributed by atoms with van der Waals surface area (Å²) in [6.07, 6.45) is 1.17. The van der Waals surface area contributed by atoms with E-state index in [4.69, 9.17) is 39.2 Å². The van der Waals surface area contributed by atoms with Gasteiger partial charge in [0, 0.05) is 34.0 Å². The van der Waals surface area contributed by atoms with Gasteiger partial charge in [-0.25, -0.2) is 0 Å². The van der Waals surface area contributed by atoms with E-state index in [1.165, 1.54) is 0 Å². The summed E-state index contributed by atoms with van der Waals surface area (Å²) in [4.78, 5) is 0. The topological polar surface area (TPSA) is 86.4 Å². The second kappa shape index (κ2) is 11.2. The summed E-state index contributed by atoms with van der Waals surface area (Å²) in [5.74, 6) is 0. The first-order valence-corrected chi connectivity index (χ1v) is 22.5. The molecule has 0 aromatic rings. The minimum absolute atomic E-state index is 0.286. The van der Waals surface area contributed by atoms with Gasteiger partial charge in [0.1, 0.15) is 6.10 Å². The molecule has 2 fully saturated rings. The van der Waals surface area contributed by atoms with Gasteiger partial charge >= 0.3 is 43.8 Å². The van der Waals surface area contributed by atoms with Crippen LogP contribution in [-0.4, -0.2) is 91.0 Å².